The summed E-state index contributed by atoms with van der Waals surface area (Å²) in [7, 11) is -3.66. The molecule has 2 rings (SSSR count). The SMILES string of the molecule is O=S(=O)(Nc1cc(Br)ccc1Br)N1CCCCC1CO. The van der Waals surface area contributed by atoms with Crippen LogP contribution in [-0.2, 0) is 10.2 Å². The van der Waals surface area contributed by atoms with Crippen LogP contribution in [0.2, 0.25) is 0 Å². The number of hydrogen-bond donors (Lipinski definition) is 2. The maximum Gasteiger partial charge on any atom is 0.302 e. The van der Waals surface area contributed by atoms with E-state index < -0.39 is 10.2 Å². The summed E-state index contributed by atoms with van der Waals surface area (Å²) in [5, 5.41) is 9.34. The molecule has 112 valence electrons. The summed E-state index contributed by atoms with van der Waals surface area (Å²) in [5.74, 6) is 0. The average Bonchev–Trinajstić information content (AvgIpc) is 2.42. The van der Waals surface area contributed by atoms with E-state index in [9.17, 15) is 13.5 Å². The number of rotatable bonds is 4. The number of aliphatic hydroxyl groups is 1. The van der Waals surface area contributed by atoms with Crippen molar-refractivity contribution in [2.75, 3.05) is 17.9 Å². The molecule has 1 unspecified atom stereocenters. The van der Waals surface area contributed by atoms with Crippen LogP contribution in [0.15, 0.2) is 27.1 Å². The predicted octanol–water partition coefficient (Wildman–Crippen LogP) is 2.72. The minimum atomic E-state index is -3.66. The van der Waals surface area contributed by atoms with Gasteiger partial charge in [0, 0.05) is 21.5 Å². The fourth-order valence-electron chi connectivity index (χ4n) is 2.25. The molecule has 1 saturated heterocycles. The summed E-state index contributed by atoms with van der Waals surface area (Å²) < 4.78 is 30.3. The highest BCUT2D eigenvalue weighted by Crippen LogP contribution is 2.29. The molecule has 0 aliphatic carbocycles. The summed E-state index contributed by atoms with van der Waals surface area (Å²) >= 11 is 6.64. The van der Waals surface area contributed by atoms with Gasteiger partial charge in [0.05, 0.1) is 12.3 Å². The zero-order valence-corrected chi connectivity index (χ0v) is 14.7. The van der Waals surface area contributed by atoms with Crippen molar-refractivity contribution in [3.63, 3.8) is 0 Å². The van der Waals surface area contributed by atoms with Crippen molar-refractivity contribution < 1.29 is 13.5 Å². The topological polar surface area (TPSA) is 69.6 Å². The first-order chi connectivity index (χ1) is 9.44. The standard InChI is InChI=1S/C12H16Br2N2O3S/c13-9-4-5-11(14)12(7-9)15-20(18,19)16-6-2-1-3-10(16)8-17/h4-5,7,10,15,17H,1-3,6,8H2. The van der Waals surface area contributed by atoms with Gasteiger partial charge in [0.15, 0.2) is 0 Å². The van der Waals surface area contributed by atoms with Crippen LogP contribution in [0.25, 0.3) is 0 Å². The number of hydrogen-bond acceptors (Lipinski definition) is 3. The molecule has 5 nitrogen and oxygen atoms in total. The smallest absolute Gasteiger partial charge is 0.302 e. The van der Waals surface area contributed by atoms with Gasteiger partial charge in [-0.1, -0.05) is 22.4 Å². The largest absolute Gasteiger partial charge is 0.395 e. The van der Waals surface area contributed by atoms with E-state index in [0.717, 1.165) is 17.3 Å². The van der Waals surface area contributed by atoms with E-state index in [1.54, 1.807) is 12.1 Å². The van der Waals surface area contributed by atoms with Gasteiger partial charge < -0.3 is 5.11 Å². The molecule has 20 heavy (non-hydrogen) atoms. The second-order valence-corrected chi connectivity index (χ2v) is 8.07. The lowest BCUT2D eigenvalue weighted by Gasteiger charge is -2.33. The van der Waals surface area contributed by atoms with Crippen molar-refractivity contribution in [1.82, 2.24) is 4.31 Å². The molecule has 0 aromatic heterocycles. The minimum Gasteiger partial charge on any atom is -0.395 e. The van der Waals surface area contributed by atoms with Crippen molar-refractivity contribution in [2.24, 2.45) is 0 Å². The number of anilines is 1. The molecule has 0 amide bonds. The Balaban J connectivity index is 2.24. The van der Waals surface area contributed by atoms with Gasteiger partial charge in [-0.2, -0.15) is 12.7 Å². The van der Waals surface area contributed by atoms with Crippen molar-refractivity contribution in [3.8, 4) is 0 Å². The lowest BCUT2D eigenvalue weighted by atomic mass is 10.1. The summed E-state index contributed by atoms with van der Waals surface area (Å²) in [5.41, 5.74) is 0.474. The van der Waals surface area contributed by atoms with Crippen LogP contribution in [0.4, 0.5) is 5.69 Å². The number of benzene rings is 1. The summed E-state index contributed by atoms with van der Waals surface area (Å²) in [6.45, 7) is 0.284. The molecular formula is C12H16Br2N2O3S. The molecule has 1 heterocycles. The van der Waals surface area contributed by atoms with Crippen LogP contribution in [0.5, 0.6) is 0 Å². The Morgan fingerprint density at radius 1 is 1.35 bits per heavy atom. The normalized spacial score (nSPS) is 20.9. The molecule has 0 radical (unpaired) electrons. The van der Waals surface area contributed by atoms with Gasteiger partial charge in [0.25, 0.3) is 0 Å². The molecule has 1 aliphatic rings. The third-order valence-electron chi connectivity index (χ3n) is 3.26. The highest BCUT2D eigenvalue weighted by molar-refractivity contribution is 9.11. The zero-order valence-electron chi connectivity index (χ0n) is 10.7. The maximum atomic E-state index is 12.5. The molecule has 0 saturated carbocycles. The highest BCUT2D eigenvalue weighted by atomic mass is 79.9. The number of piperidine rings is 1. The predicted molar refractivity (Wildman–Crippen MR) is 85.8 cm³/mol. The lowest BCUT2D eigenvalue weighted by molar-refractivity contribution is 0.156. The van der Waals surface area contributed by atoms with E-state index in [0.29, 0.717) is 23.1 Å². The average molecular weight is 428 g/mol. The van der Waals surface area contributed by atoms with Crippen molar-refractivity contribution in [3.05, 3.63) is 27.1 Å². The second kappa shape index (κ2) is 6.74. The number of nitrogens with one attached hydrogen (secondary N) is 1. The molecule has 0 spiro atoms. The quantitative estimate of drug-likeness (QED) is 0.775. The molecule has 1 aromatic carbocycles. The van der Waals surface area contributed by atoms with E-state index in [-0.39, 0.29) is 12.6 Å². The fraction of sp³-hybridized carbons (Fsp3) is 0.500. The summed E-state index contributed by atoms with van der Waals surface area (Å²) in [4.78, 5) is 0. The number of halogens is 2. The first-order valence-corrected chi connectivity index (χ1v) is 9.32. The molecule has 1 aromatic rings. The van der Waals surface area contributed by atoms with E-state index in [1.165, 1.54) is 4.31 Å². The third kappa shape index (κ3) is 3.73. The molecular weight excluding hydrogens is 412 g/mol. The number of aliphatic hydroxyl groups excluding tert-OH is 1. The third-order valence-corrected chi connectivity index (χ3v) is 6.02. The number of nitrogens with zero attached hydrogens (tertiary/aromatic N) is 1. The van der Waals surface area contributed by atoms with Crippen molar-refractivity contribution in [1.29, 1.82) is 0 Å². The van der Waals surface area contributed by atoms with E-state index in [2.05, 4.69) is 36.6 Å². The van der Waals surface area contributed by atoms with Gasteiger partial charge in [0.1, 0.15) is 0 Å². The zero-order chi connectivity index (χ0) is 14.8. The van der Waals surface area contributed by atoms with Crippen LogP contribution in [0.3, 0.4) is 0 Å². The Kier molecular flexibility index (Phi) is 5.47. The molecule has 8 heteroatoms. The minimum absolute atomic E-state index is 0.152. The maximum absolute atomic E-state index is 12.5. The fourth-order valence-corrected chi connectivity index (χ4v) is 4.58. The first-order valence-electron chi connectivity index (χ1n) is 6.29. The van der Waals surface area contributed by atoms with Gasteiger partial charge in [0.2, 0.25) is 0 Å². The Labute approximate surface area is 135 Å². The Morgan fingerprint density at radius 3 is 2.80 bits per heavy atom. The molecule has 2 N–H and O–H groups in total. The van der Waals surface area contributed by atoms with Gasteiger partial charge >= 0.3 is 10.2 Å². The van der Waals surface area contributed by atoms with E-state index in [1.807, 2.05) is 6.07 Å². The highest BCUT2D eigenvalue weighted by Gasteiger charge is 2.32. The van der Waals surface area contributed by atoms with Gasteiger partial charge in [-0.15, -0.1) is 0 Å². The first kappa shape index (κ1) is 16.2. The van der Waals surface area contributed by atoms with Crippen LogP contribution in [0.1, 0.15) is 19.3 Å². The van der Waals surface area contributed by atoms with Gasteiger partial charge in [-0.05, 0) is 47.0 Å². The summed E-state index contributed by atoms with van der Waals surface area (Å²) in [6.07, 6.45) is 2.45. The van der Waals surface area contributed by atoms with Crippen LogP contribution in [0, 0.1) is 0 Å². The van der Waals surface area contributed by atoms with Gasteiger partial charge in [-0.3, -0.25) is 4.72 Å². The van der Waals surface area contributed by atoms with E-state index >= 15 is 0 Å². The lowest BCUT2D eigenvalue weighted by Crippen LogP contribution is -2.47. The Morgan fingerprint density at radius 2 is 2.10 bits per heavy atom. The molecule has 1 fully saturated rings. The van der Waals surface area contributed by atoms with Gasteiger partial charge in [-0.25, -0.2) is 0 Å². The van der Waals surface area contributed by atoms with Crippen LogP contribution in [-0.4, -0.2) is 37.0 Å². The molecule has 1 aliphatic heterocycles. The van der Waals surface area contributed by atoms with Crippen molar-refractivity contribution in [2.45, 2.75) is 25.3 Å². The van der Waals surface area contributed by atoms with Crippen LogP contribution < -0.4 is 4.72 Å². The second-order valence-electron chi connectivity index (χ2n) is 4.67. The monoisotopic (exact) mass is 426 g/mol. The van der Waals surface area contributed by atoms with E-state index in [4.69, 9.17) is 0 Å². The van der Waals surface area contributed by atoms with Crippen molar-refractivity contribution >= 4 is 47.8 Å². The Hall–Kier alpha value is -0.150. The molecule has 1 atom stereocenters. The Bertz CT molecular complexity index is 580. The summed E-state index contributed by atoms with van der Waals surface area (Å²) in [6, 6.07) is 4.94. The van der Waals surface area contributed by atoms with Crippen LogP contribution >= 0.6 is 31.9 Å². The molecule has 0 bridgehead atoms.